The SMILES string of the molecule is Oc1ccccc1-c1cccc(Oc2ccccc2)c1Br. The third kappa shape index (κ3) is 2.93. The summed E-state index contributed by atoms with van der Waals surface area (Å²) < 4.78 is 6.70. The zero-order chi connectivity index (χ0) is 14.7. The Morgan fingerprint density at radius 1 is 0.714 bits per heavy atom. The lowest BCUT2D eigenvalue weighted by Crippen LogP contribution is -1.88. The third-order valence-corrected chi connectivity index (χ3v) is 3.95. The molecule has 2 nitrogen and oxygen atoms in total. The smallest absolute Gasteiger partial charge is 0.142 e. The van der Waals surface area contributed by atoms with Crippen molar-refractivity contribution in [1.82, 2.24) is 0 Å². The molecule has 0 radical (unpaired) electrons. The second-order valence-corrected chi connectivity index (χ2v) is 5.34. The molecular formula is C18H13BrO2. The van der Waals surface area contributed by atoms with Gasteiger partial charge in [-0.2, -0.15) is 0 Å². The van der Waals surface area contributed by atoms with Crippen LogP contribution in [-0.2, 0) is 0 Å². The van der Waals surface area contributed by atoms with Crippen LogP contribution in [0.3, 0.4) is 0 Å². The molecule has 0 unspecified atom stereocenters. The van der Waals surface area contributed by atoms with Crippen LogP contribution in [0.15, 0.2) is 77.3 Å². The summed E-state index contributed by atoms with van der Waals surface area (Å²) in [5, 5.41) is 10.0. The van der Waals surface area contributed by atoms with E-state index in [1.807, 2.05) is 60.7 Å². The maximum Gasteiger partial charge on any atom is 0.142 e. The fourth-order valence-corrected chi connectivity index (χ4v) is 2.67. The van der Waals surface area contributed by atoms with E-state index in [1.54, 1.807) is 12.1 Å². The standard InChI is InChI=1S/C18H13BrO2/c19-18-15(14-9-4-5-11-16(14)20)10-6-12-17(18)21-13-7-2-1-3-8-13/h1-12,20H. The molecule has 1 N–H and O–H groups in total. The first-order valence-corrected chi connectivity index (χ1v) is 7.35. The summed E-state index contributed by atoms with van der Waals surface area (Å²) in [4.78, 5) is 0. The van der Waals surface area contributed by atoms with E-state index in [1.165, 1.54) is 0 Å². The molecule has 0 saturated carbocycles. The fourth-order valence-electron chi connectivity index (χ4n) is 2.11. The number of hydrogen-bond acceptors (Lipinski definition) is 2. The van der Waals surface area contributed by atoms with Crippen molar-refractivity contribution in [2.75, 3.05) is 0 Å². The van der Waals surface area contributed by atoms with E-state index in [4.69, 9.17) is 4.74 Å². The lowest BCUT2D eigenvalue weighted by molar-refractivity contribution is 0.476. The highest BCUT2D eigenvalue weighted by atomic mass is 79.9. The van der Waals surface area contributed by atoms with Crippen molar-refractivity contribution in [1.29, 1.82) is 0 Å². The zero-order valence-electron chi connectivity index (χ0n) is 11.2. The molecule has 0 fully saturated rings. The van der Waals surface area contributed by atoms with E-state index >= 15 is 0 Å². The van der Waals surface area contributed by atoms with Crippen LogP contribution >= 0.6 is 15.9 Å². The van der Waals surface area contributed by atoms with Crippen molar-refractivity contribution in [3.63, 3.8) is 0 Å². The number of benzene rings is 3. The van der Waals surface area contributed by atoms with Gasteiger partial charge in [0.2, 0.25) is 0 Å². The lowest BCUT2D eigenvalue weighted by Gasteiger charge is -2.12. The highest BCUT2D eigenvalue weighted by Crippen LogP contribution is 2.40. The summed E-state index contributed by atoms with van der Waals surface area (Å²) in [6.07, 6.45) is 0. The fraction of sp³-hybridized carbons (Fsp3) is 0. The molecule has 104 valence electrons. The van der Waals surface area contributed by atoms with Gasteiger partial charge in [-0.15, -0.1) is 0 Å². The molecular weight excluding hydrogens is 328 g/mol. The minimum absolute atomic E-state index is 0.245. The highest BCUT2D eigenvalue weighted by Gasteiger charge is 2.12. The average Bonchev–Trinajstić information content (AvgIpc) is 2.51. The van der Waals surface area contributed by atoms with E-state index < -0.39 is 0 Å². The predicted molar refractivity (Wildman–Crippen MR) is 87.8 cm³/mol. The Balaban J connectivity index is 2.02. The predicted octanol–water partition coefficient (Wildman–Crippen LogP) is 5.61. The Bertz CT molecular complexity index is 754. The van der Waals surface area contributed by atoms with Crippen molar-refractivity contribution < 1.29 is 9.84 Å². The summed E-state index contributed by atoms with van der Waals surface area (Å²) in [7, 11) is 0. The van der Waals surface area contributed by atoms with Crippen LogP contribution in [0.4, 0.5) is 0 Å². The number of phenols is 1. The van der Waals surface area contributed by atoms with Gasteiger partial charge in [-0.05, 0) is 40.2 Å². The number of ether oxygens (including phenoxy) is 1. The molecule has 0 saturated heterocycles. The van der Waals surface area contributed by atoms with Gasteiger partial charge in [-0.25, -0.2) is 0 Å². The Morgan fingerprint density at radius 3 is 2.14 bits per heavy atom. The topological polar surface area (TPSA) is 29.5 Å². The van der Waals surface area contributed by atoms with Crippen LogP contribution in [0.25, 0.3) is 11.1 Å². The summed E-state index contributed by atoms with van der Waals surface area (Å²) in [5.41, 5.74) is 1.66. The van der Waals surface area contributed by atoms with Gasteiger partial charge < -0.3 is 9.84 Å². The average molecular weight is 341 g/mol. The van der Waals surface area contributed by atoms with Gasteiger partial charge in [-0.3, -0.25) is 0 Å². The van der Waals surface area contributed by atoms with Crippen LogP contribution in [0.1, 0.15) is 0 Å². The molecule has 21 heavy (non-hydrogen) atoms. The van der Waals surface area contributed by atoms with E-state index in [-0.39, 0.29) is 5.75 Å². The molecule has 0 atom stereocenters. The molecule has 0 amide bonds. The molecule has 0 aliphatic heterocycles. The molecule has 0 aliphatic rings. The molecule has 3 rings (SSSR count). The summed E-state index contributed by atoms with van der Waals surface area (Å²) >= 11 is 3.57. The highest BCUT2D eigenvalue weighted by molar-refractivity contribution is 9.10. The second-order valence-electron chi connectivity index (χ2n) is 4.55. The number of hydrogen-bond donors (Lipinski definition) is 1. The maximum atomic E-state index is 10.0. The monoisotopic (exact) mass is 340 g/mol. The molecule has 0 aromatic heterocycles. The van der Waals surface area contributed by atoms with E-state index in [0.717, 1.165) is 21.3 Å². The number of rotatable bonds is 3. The summed E-state index contributed by atoms with van der Waals surface area (Å²) in [5.74, 6) is 1.73. The van der Waals surface area contributed by atoms with Gasteiger partial charge in [0.05, 0.1) is 4.47 Å². The molecule has 0 bridgehead atoms. The van der Waals surface area contributed by atoms with E-state index in [2.05, 4.69) is 15.9 Å². The Labute approximate surface area is 131 Å². The molecule has 3 aromatic carbocycles. The first-order valence-electron chi connectivity index (χ1n) is 6.55. The minimum atomic E-state index is 0.245. The van der Waals surface area contributed by atoms with Crippen LogP contribution in [0.2, 0.25) is 0 Å². The van der Waals surface area contributed by atoms with Gasteiger partial charge in [0.25, 0.3) is 0 Å². The maximum absolute atomic E-state index is 10.0. The van der Waals surface area contributed by atoms with Crippen molar-refractivity contribution in [3.05, 3.63) is 77.3 Å². The molecule has 3 heteroatoms. The third-order valence-electron chi connectivity index (χ3n) is 3.13. The van der Waals surface area contributed by atoms with Crippen molar-refractivity contribution >= 4 is 15.9 Å². The van der Waals surface area contributed by atoms with Crippen LogP contribution in [-0.4, -0.2) is 5.11 Å². The van der Waals surface area contributed by atoms with Crippen molar-refractivity contribution in [3.8, 4) is 28.4 Å². The summed E-state index contributed by atoms with van der Waals surface area (Å²) in [6, 6.07) is 22.6. The van der Waals surface area contributed by atoms with E-state index in [0.29, 0.717) is 5.75 Å². The number of phenolic OH excluding ortho intramolecular Hbond substituents is 1. The second kappa shape index (κ2) is 6.02. The molecule has 3 aromatic rings. The Kier molecular flexibility index (Phi) is 3.93. The van der Waals surface area contributed by atoms with Gasteiger partial charge in [-0.1, -0.05) is 48.5 Å². The minimum Gasteiger partial charge on any atom is -0.507 e. The lowest BCUT2D eigenvalue weighted by atomic mass is 10.0. The van der Waals surface area contributed by atoms with Crippen molar-refractivity contribution in [2.45, 2.75) is 0 Å². The molecule has 0 aliphatic carbocycles. The Hall–Kier alpha value is -2.26. The van der Waals surface area contributed by atoms with Gasteiger partial charge in [0.15, 0.2) is 0 Å². The molecule has 0 spiro atoms. The Morgan fingerprint density at radius 2 is 1.38 bits per heavy atom. The summed E-state index contributed by atoms with van der Waals surface area (Å²) in [6.45, 7) is 0. The van der Waals surface area contributed by atoms with E-state index in [9.17, 15) is 5.11 Å². The number of halogens is 1. The van der Waals surface area contributed by atoms with Crippen LogP contribution in [0.5, 0.6) is 17.2 Å². The first kappa shape index (κ1) is 13.7. The zero-order valence-corrected chi connectivity index (χ0v) is 12.7. The quantitative estimate of drug-likeness (QED) is 0.670. The first-order chi connectivity index (χ1) is 10.3. The van der Waals surface area contributed by atoms with Gasteiger partial charge in [0.1, 0.15) is 17.2 Å². The number of para-hydroxylation sites is 2. The van der Waals surface area contributed by atoms with Crippen LogP contribution < -0.4 is 4.74 Å². The number of aromatic hydroxyl groups is 1. The van der Waals surface area contributed by atoms with Crippen molar-refractivity contribution in [2.24, 2.45) is 0 Å². The van der Waals surface area contributed by atoms with Gasteiger partial charge >= 0.3 is 0 Å². The normalized spacial score (nSPS) is 10.3. The molecule has 0 heterocycles. The van der Waals surface area contributed by atoms with Gasteiger partial charge in [0, 0.05) is 11.1 Å². The van der Waals surface area contributed by atoms with Crippen LogP contribution in [0, 0.1) is 0 Å². The largest absolute Gasteiger partial charge is 0.507 e.